The number of thioether (sulfide) groups is 1. The van der Waals surface area contributed by atoms with Crippen molar-refractivity contribution in [3.8, 4) is 11.1 Å². The van der Waals surface area contributed by atoms with Crippen LogP contribution in [0.3, 0.4) is 0 Å². The minimum atomic E-state index is -1.02. The van der Waals surface area contributed by atoms with Crippen LogP contribution in [0.15, 0.2) is 42.5 Å². The number of unbranched alkanes of at least 4 members (excludes halogenated alkanes) is 1. The molecule has 39 heavy (non-hydrogen) atoms. The van der Waals surface area contributed by atoms with E-state index in [4.69, 9.17) is 0 Å². The van der Waals surface area contributed by atoms with Gasteiger partial charge in [0.05, 0.1) is 0 Å². The lowest BCUT2D eigenvalue weighted by atomic mass is 9.85. The Bertz CT molecular complexity index is 1100. The number of ketones is 1. The number of Topliss-reactive ketones (excluding diaryl/α,β-unsaturated/α-hetero) is 1. The van der Waals surface area contributed by atoms with Crippen LogP contribution in [0, 0.1) is 12.8 Å². The normalized spacial score (nSPS) is 14.6. The Hall–Kier alpha value is -2.64. The van der Waals surface area contributed by atoms with Gasteiger partial charge in [0.15, 0.2) is 0 Å². The van der Waals surface area contributed by atoms with Crippen LogP contribution in [-0.2, 0) is 16.0 Å². The van der Waals surface area contributed by atoms with Gasteiger partial charge < -0.3 is 15.7 Å². The Morgan fingerprint density at radius 3 is 2.49 bits per heavy atom. The standard InChI is InChI=1S/C32H44N2O4S/c1-23-10-6-7-13-26(23)28-22-24(15-16-27(28)31(36)34-29(32(37)38)18-21-39-2)17-20-33-19-9-8-14-30(35)25-11-4-3-5-12-25/h6-7,10,13,15-16,22,25,29,33H,3-5,8-9,11-12,14,17-21H2,1-2H3,(H,34,36)(H,37,38)/t29-/m0/s1. The topological polar surface area (TPSA) is 95.5 Å². The highest BCUT2D eigenvalue weighted by atomic mass is 32.2. The summed E-state index contributed by atoms with van der Waals surface area (Å²) in [6, 6.07) is 12.9. The summed E-state index contributed by atoms with van der Waals surface area (Å²) in [5.41, 5.74) is 4.44. The number of hydrogen-bond acceptors (Lipinski definition) is 5. The number of carbonyl (C=O) groups excluding carboxylic acids is 2. The summed E-state index contributed by atoms with van der Waals surface area (Å²) in [5, 5.41) is 15.8. The molecule has 1 atom stereocenters. The predicted molar refractivity (Wildman–Crippen MR) is 161 cm³/mol. The lowest BCUT2D eigenvalue weighted by Crippen LogP contribution is -2.41. The molecule has 3 N–H and O–H groups in total. The quantitative estimate of drug-likeness (QED) is 0.220. The van der Waals surface area contributed by atoms with Crippen molar-refractivity contribution in [2.24, 2.45) is 5.92 Å². The molecule has 6 nitrogen and oxygen atoms in total. The van der Waals surface area contributed by atoms with E-state index >= 15 is 0 Å². The number of amides is 1. The molecule has 0 radical (unpaired) electrons. The number of carboxylic acids is 1. The lowest BCUT2D eigenvalue weighted by Gasteiger charge is -2.20. The van der Waals surface area contributed by atoms with Gasteiger partial charge in [-0.05, 0) is 98.9 Å². The molecule has 0 unspecified atom stereocenters. The summed E-state index contributed by atoms with van der Waals surface area (Å²) < 4.78 is 0. The van der Waals surface area contributed by atoms with E-state index in [2.05, 4.69) is 16.7 Å². The highest BCUT2D eigenvalue weighted by Crippen LogP contribution is 2.29. The molecule has 1 saturated carbocycles. The monoisotopic (exact) mass is 552 g/mol. The number of benzene rings is 2. The molecule has 1 aliphatic rings. The molecule has 0 aliphatic heterocycles. The van der Waals surface area contributed by atoms with Crippen molar-refractivity contribution in [2.45, 2.75) is 77.2 Å². The van der Waals surface area contributed by atoms with Crippen LogP contribution in [0.1, 0.15) is 79.3 Å². The molecule has 3 rings (SSSR count). The SMILES string of the molecule is CSCC[C@H](NC(=O)c1ccc(CCNCCCCC(=O)C2CCCCC2)cc1-c1ccccc1C)C(=O)O. The molecule has 0 aromatic heterocycles. The first-order chi connectivity index (χ1) is 18.9. The van der Waals surface area contributed by atoms with Gasteiger partial charge in [-0.25, -0.2) is 4.79 Å². The highest BCUT2D eigenvalue weighted by molar-refractivity contribution is 7.98. The number of aryl methyl sites for hydroxylation is 1. The van der Waals surface area contributed by atoms with Crippen molar-refractivity contribution >= 4 is 29.4 Å². The van der Waals surface area contributed by atoms with E-state index in [0.717, 1.165) is 67.4 Å². The highest BCUT2D eigenvalue weighted by Gasteiger charge is 2.23. The van der Waals surface area contributed by atoms with E-state index in [0.29, 0.717) is 35.9 Å². The first-order valence-corrected chi connectivity index (χ1v) is 15.7. The van der Waals surface area contributed by atoms with Crippen LogP contribution in [0.4, 0.5) is 0 Å². The average molecular weight is 553 g/mol. The van der Waals surface area contributed by atoms with Gasteiger partial charge >= 0.3 is 5.97 Å². The maximum atomic E-state index is 13.2. The molecule has 0 spiro atoms. The number of carboxylic acid groups (broad SMARTS) is 1. The van der Waals surface area contributed by atoms with Crippen LogP contribution in [0.2, 0.25) is 0 Å². The van der Waals surface area contributed by atoms with Crippen LogP contribution in [0.25, 0.3) is 11.1 Å². The molecule has 1 fully saturated rings. The minimum absolute atomic E-state index is 0.310. The fourth-order valence-electron chi connectivity index (χ4n) is 5.31. The molecule has 0 bridgehead atoms. The number of rotatable bonds is 16. The third kappa shape index (κ3) is 9.80. The van der Waals surface area contributed by atoms with Crippen molar-refractivity contribution in [2.75, 3.05) is 25.1 Å². The Balaban J connectivity index is 1.57. The van der Waals surface area contributed by atoms with Gasteiger partial charge in [-0.3, -0.25) is 9.59 Å². The molecular formula is C32H44N2O4S. The van der Waals surface area contributed by atoms with E-state index in [-0.39, 0.29) is 5.91 Å². The van der Waals surface area contributed by atoms with Gasteiger partial charge in [-0.1, -0.05) is 55.7 Å². The Morgan fingerprint density at radius 1 is 1.00 bits per heavy atom. The summed E-state index contributed by atoms with van der Waals surface area (Å²) in [6.45, 7) is 3.71. The molecule has 0 heterocycles. The largest absolute Gasteiger partial charge is 0.480 e. The smallest absolute Gasteiger partial charge is 0.326 e. The Kier molecular flexibility index (Phi) is 13.0. The van der Waals surface area contributed by atoms with E-state index in [9.17, 15) is 19.5 Å². The number of aliphatic carboxylic acids is 1. The third-order valence-electron chi connectivity index (χ3n) is 7.66. The fourth-order valence-corrected chi connectivity index (χ4v) is 5.78. The number of nitrogens with one attached hydrogen (secondary N) is 2. The minimum Gasteiger partial charge on any atom is -0.480 e. The van der Waals surface area contributed by atoms with Gasteiger partial charge in [-0.15, -0.1) is 0 Å². The van der Waals surface area contributed by atoms with Crippen molar-refractivity contribution in [1.82, 2.24) is 10.6 Å². The summed E-state index contributed by atoms with van der Waals surface area (Å²) in [4.78, 5) is 37.3. The summed E-state index contributed by atoms with van der Waals surface area (Å²) in [5.74, 6) is 0.0427. The molecule has 1 amide bonds. The van der Waals surface area contributed by atoms with E-state index in [1.807, 2.05) is 49.6 Å². The Labute approximate surface area is 237 Å². The molecule has 7 heteroatoms. The van der Waals surface area contributed by atoms with Gasteiger partial charge in [0.25, 0.3) is 5.91 Å². The summed E-state index contributed by atoms with van der Waals surface area (Å²) in [6.07, 6.45) is 11.6. The van der Waals surface area contributed by atoms with E-state index in [1.54, 1.807) is 11.8 Å². The maximum Gasteiger partial charge on any atom is 0.326 e. The molecule has 1 aliphatic carbocycles. The zero-order valence-corrected chi connectivity index (χ0v) is 24.3. The van der Waals surface area contributed by atoms with E-state index in [1.165, 1.54) is 19.3 Å². The first-order valence-electron chi connectivity index (χ1n) is 14.4. The summed E-state index contributed by atoms with van der Waals surface area (Å²) >= 11 is 1.56. The zero-order valence-electron chi connectivity index (χ0n) is 23.5. The maximum absolute atomic E-state index is 13.2. The van der Waals surface area contributed by atoms with Crippen molar-refractivity contribution in [3.05, 3.63) is 59.2 Å². The van der Waals surface area contributed by atoms with Gasteiger partial charge in [0, 0.05) is 17.9 Å². The van der Waals surface area contributed by atoms with Crippen molar-refractivity contribution < 1.29 is 19.5 Å². The van der Waals surface area contributed by atoms with Crippen LogP contribution in [0.5, 0.6) is 0 Å². The third-order valence-corrected chi connectivity index (χ3v) is 8.30. The molecular weight excluding hydrogens is 508 g/mol. The molecule has 2 aromatic rings. The van der Waals surface area contributed by atoms with Gasteiger partial charge in [-0.2, -0.15) is 11.8 Å². The predicted octanol–water partition coefficient (Wildman–Crippen LogP) is 6.05. The number of carbonyl (C=O) groups is 3. The van der Waals surface area contributed by atoms with Gasteiger partial charge in [0.2, 0.25) is 0 Å². The van der Waals surface area contributed by atoms with Crippen molar-refractivity contribution in [3.63, 3.8) is 0 Å². The molecule has 2 aromatic carbocycles. The van der Waals surface area contributed by atoms with Crippen LogP contribution in [-0.4, -0.2) is 53.9 Å². The Morgan fingerprint density at radius 2 is 1.77 bits per heavy atom. The first kappa shape index (κ1) is 30.9. The second-order valence-electron chi connectivity index (χ2n) is 10.6. The fraction of sp³-hybridized carbons (Fsp3) is 0.531. The zero-order chi connectivity index (χ0) is 28.0. The van der Waals surface area contributed by atoms with Crippen LogP contribution >= 0.6 is 11.8 Å². The van der Waals surface area contributed by atoms with Crippen molar-refractivity contribution in [1.29, 1.82) is 0 Å². The summed E-state index contributed by atoms with van der Waals surface area (Å²) in [7, 11) is 0. The van der Waals surface area contributed by atoms with Crippen LogP contribution < -0.4 is 10.6 Å². The lowest BCUT2D eigenvalue weighted by molar-refractivity contribution is -0.139. The van der Waals surface area contributed by atoms with Gasteiger partial charge in [0.1, 0.15) is 11.8 Å². The second-order valence-corrected chi connectivity index (χ2v) is 11.6. The molecule has 0 saturated heterocycles. The average Bonchev–Trinajstić information content (AvgIpc) is 2.95. The second kappa shape index (κ2) is 16.5. The van der Waals surface area contributed by atoms with E-state index < -0.39 is 12.0 Å². The number of hydrogen-bond donors (Lipinski definition) is 3. The molecule has 212 valence electrons.